The normalized spacial score (nSPS) is 11.5. The van der Waals surface area contributed by atoms with Crippen molar-refractivity contribution in [1.82, 2.24) is 0 Å². The zero-order valence-corrected chi connectivity index (χ0v) is 14.8. The standard InChI is InChI=1S/C20H36O2/c1-3-5-6-7-8-9-10-11-12-13-14-15-16-17-18-19-20(21)22-4-2/h8-9,11-12H,3-7,10,13-19H2,1-2H3/b9-8-,12-11+. The van der Waals surface area contributed by atoms with Crippen LogP contribution in [0.5, 0.6) is 0 Å². The number of esters is 1. The highest BCUT2D eigenvalue weighted by Crippen LogP contribution is 2.08. The minimum absolute atomic E-state index is 0.0480. The Bertz CT molecular complexity index is 292. The zero-order chi connectivity index (χ0) is 16.3. The van der Waals surface area contributed by atoms with Gasteiger partial charge in [0.2, 0.25) is 0 Å². The second-order valence-electron chi connectivity index (χ2n) is 5.79. The first kappa shape index (κ1) is 20.9. The molecule has 0 aliphatic rings. The third kappa shape index (κ3) is 17.0. The SMILES string of the molecule is CCCCC/C=C\C/C=C/CCCCCCCC(=O)OCC. The van der Waals surface area contributed by atoms with Crippen LogP contribution in [0.4, 0.5) is 0 Å². The third-order valence-corrected chi connectivity index (χ3v) is 3.64. The zero-order valence-electron chi connectivity index (χ0n) is 14.8. The van der Waals surface area contributed by atoms with Crippen molar-refractivity contribution in [2.45, 2.75) is 90.9 Å². The van der Waals surface area contributed by atoms with Crippen LogP contribution in [-0.4, -0.2) is 12.6 Å². The molecule has 0 fully saturated rings. The molecular weight excluding hydrogens is 272 g/mol. The van der Waals surface area contributed by atoms with Crippen molar-refractivity contribution in [3.05, 3.63) is 24.3 Å². The fourth-order valence-corrected chi connectivity index (χ4v) is 2.31. The van der Waals surface area contributed by atoms with Crippen LogP contribution in [0.3, 0.4) is 0 Å². The predicted molar refractivity (Wildman–Crippen MR) is 96.0 cm³/mol. The Kier molecular flexibility index (Phi) is 17.1. The van der Waals surface area contributed by atoms with Crippen LogP contribution in [0.25, 0.3) is 0 Å². The summed E-state index contributed by atoms with van der Waals surface area (Å²) in [5.74, 6) is -0.0480. The third-order valence-electron chi connectivity index (χ3n) is 3.64. The van der Waals surface area contributed by atoms with Crippen molar-refractivity contribution >= 4 is 5.97 Å². The molecule has 0 amide bonds. The summed E-state index contributed by atoms with van der Waals surface area (Å²) in [6.45, 7) is 4.60. The summed E-state index contributed by atoms with van der Waals surface area (Å²) in [6.07, 6.45) is 23.1. The van der Waals surface area contributed by atoms with Gasteiger partial charge in [0.1, 0.15) is 0 Å². The molecule has 0 rings (SSSR count). The van der Waals surface area contributed by atoms with E-state index in [-0.39, 0.29) is 5.97 Å². The molecule has 2 nitrogen and oxygen atoms in total. The van der Waals surface area contributed by atoms with Gasteiger partial charge in [-0.3, -0.25) is 4.79 Å². The molecule has 22 heavy (non-hydrogen) atoms. The van der Waals surface area contributed by atoms with E-state index in [9.17, 15) is 4.79 Å². The molecule has 0 atom stereocenters. The van der Waals surface area contributed by atoms with Gasteiger partial charge in [0.05, 0.1) is 6.61 Å². The molecule has 0 N–H and O–H groups in total. The summed E-state index contributed by atoms with van der Waals surface area (Å²) in [5.41, 5.74) is 0. The largest absolute Gasteiger partial charge is 0.466 e. The average molecular weight is 309 g/mol. The van der Waals surface area contributed by atoms with Crippen LogP contribution in [0.2, 0.25) is 0 Å². The molecule has 0 aliphatic heterocycles. The van der Waals surface area contributed by atoms with Gasteiger partial charge in [-0.1, -0.05) is 63.3 Å². The van der Waals surface area contributed by atoms with E-state index >= 15 is 0 Å². The molecular formula is C20H36O2. The van der Waals surface area contributed by atoms with Crippen molar-refractivity contribution in [3.8, 4) is 0 Å². The van der Waals surface area contributed by atoms with E-state index in [0.29, 0.717) is 13.0 Å². The van der Waals surface area contributed by atoms with E-state index in [0.717, 1.165) is 19.3 Å². The molecule has 0 aromatic heterocycles. The second kappa shape index (κ2) is 18.0. The van der Waals surface area contributed by atoms with Gasteiger partial charge in [-0.2, -0.15) is 0 Å². The maximum absolute atomic E-state index is 11.1. The van der Waals surface area contributed by atoms with Gasteiger partial charge >= 0.3 is 5.97 Å². The van der Waals surface area contributed by atoms with E-state index in [4.69, 9.17) is 4.74 Å². The van der Waals surface area contributed by atoms with Crippen molar-refractivity contribution in [1.29, 1.82) is 0 Å². The van der Waals surface area contributed by atoms with Gasteiger partial charge in [-0.15, -0.1) is 0 Å². The lowest BCUT2D eigenvalue weighted by molar-refractivity contribution is -0.143. The number of carbonyl (C=O) groups excluding carboxylic acids is 1. The summed E-state index contributed by atoms with van der Waals surface area (Å²) in [5, 5.41) is 0. The van der Waals surface area contributed by atoms with Crippen LogP contribution >= 0.6 is 0 Å². The Morgan fingerprint density at radius 3 is 2.00 bits per heavy atom. The first-order valence-corrected chi connectivity index (χ1v) is 9.26. The molecule has 0 spiro atoms. The second-order valence-corrected chi connectivity index (χ2v) is 5.79. The van der Waals surface area contributed by atoms with Crippen LogP contribution in [-0.2, 0) is 9.53 Å². The number of rotatable bonds is 15. The number of unbranched alkanes of at least 4 members (excludes halogenated alkanes) is 8. The summed E-state index contributed by atoms with van der Waals surface area (Å²) < 4.78 is 4.91. The molecule has 0 saturated carbocycles. The number of ether oxygens (including phenoxy) is 1. The first-order chi connectivity index (χ1) is 10.8. The Balaban J connectivity index is 3.22. The highest BCUT2D eigenvalue weighted by molar-refractivity contribution is 5.69. The molecule has 0 radical (unpaired) electrons. The molecule has 0 aliphatic carbocycles. The fourth-order valence-electron chi connectivity index (χ4n) is 2.31. The Morgan fingerprint density at radius 2 is 1.36 bits per heavy atom. The van der Waals surface area contributed by atoms with E-state index in [1.54, 1.807) is 0 Å². The number of hydrogen-bond donors (Lipinski definition) is 0. The highest BCUT2D eigenvalue weighted by atomic mass is 16.5. The van der Waals surface area contributed by atoms with E-state index < -0.39 is 0 Å². The fraction of sp³-hybridized carbons (Fsp3) is 0.750. The van der Waals surface area contributed by atoms with Crippen LogP contribution in [0, 0.1) is 0 Å². The molecule has 0 aromatic rings. The minimum atomic E-state index is -0.0480. The summed E-state index contributed by atoms with van der Waals surface area (Å²) in [6, 6.07) is 0. The Hall–Kier alpha value is -1.05. The molecule has 128 valence electrons. The lowest BCUT2D eigenvalue weighted by atomic mass is 10.1. The lowest BCUT2D eigenvalue weighted by Crippen LogP contribution is -2.03. The first-order valence-electron chi connectivity index (χ1n) is 9.26. The molecule has 0 heterocycles. The van der Waals surface area contributed by atoms with Gasteiger partial charge in [-0.05, 0) is 45.4 Å². The Morgan fingerprint density at radius 1 is 0.773 bits per heavy atom. The van der Waals surface area contributed by atoms with Crippen LogP contribution in [0.1, 0.15) is 90.9 Å². The van der Waals surface area contributed by atoms with Gasteiger partial charge in [0.15, 0.2) is 0 Å². The van der Waals surface area contributed by atoms with Gasteiger partial charge < -0.3 is 4.74 Å². The van der Waals surface area contributed by atoms with Gasteiger partial charge in [-0.25, -0.2) is 0 Å². The summed E-state index contributed by atoms with van der Waals surface area (Å²) in [7, 11) is 0. The van der Waals surface area contributed by atoms with Crippen molar-refractivity contribution in [2.24, 2.45) is 0 Å². The molecule has 0 bridgehead atoms. The summed E-state index contributed by atoms with van der Waals surface area (Å²) in [4.78, 5) is 11.1. The summed E-state index contributed by atoms with van der Waals surface area (Å²) >= 11 is 0. The van der Waals surface area contributed by atoms with Crippen LogP contribution < -0.4 is 0 Å². The topological polar surface area (TPSA) is 26.3 Å². The molecule has 0 aromatic carbocycles. The molecule has 0 saturated heterocycles. The quantitative estimate of drug-likeness (QED) is 0.200. The maximum atomic E-state index is 11.1. The smallest absolute Gasteiger partial charge is 0.305 e. The molecule has 2 heteroatoms. The lowest BCUT2D eigenvalue weighted by Gasteiger charge is -2.01. The van der Waals surface area contributed by atoms with Gasteiger partial charge in [0.25, 0.3) is 0 Å². The highest BCUT2D eigenvalue weighted by Gasteiger charge is 2.00. The predicted octanol–water partition coefficient (Wildman–Crippen LogP) is 6.36. The number of hydrogen-bond acceptors (Lipinski definition) is 2. The van der Waals surface area contributed by atoms with Crippen molar-refractivity contribution in [2.75, 3.05) is 6.61 Å². The van der Waals surface area contributed by atoms with E-state index in [2.05, 4.69) is 31.2 Å². The van der Waals surface area contributed by atoms with Crippen LogP contribution in [0.15, 0.2) is 24.3 Å². The number of allylic oxidation sites excluding steroid dienone is 4. The minimum Gasteiger partial charge on any atom is -0.466 e. The van der Waals surface area contributed by atoms with Crippen molar-refractivity contribution < 1.29 is 9.53 Å². The van der Waals surface area contributed by atoms with Crippen molar-refractivity contribution in [3.63, 3.8) is 0 Å². The number of carbonyl (C=O) groups is 1. The van der Waals surface area contributed by atoms with Gasteiger partial charge in [0, 0.05) is 6.42 Å². The maximum Gasteiger partial charge on any atom is 0.305 e. The molecule has 0 unspecified atom stereocenters. The monoisotopic (exact) mass is 308 g/mol. The Labute approximate surface area is 138 Å². The van der Waals surface area contributed by atoms with E-state index in [1.807, 2.05) is 6.92 Å². The average Bonchev–Trinajstić information content (AvgIpc) is 2.51. The van der Waals surface area contributed by atoms with E-state index in [1.165, 1.54) is 51.4 Å².